The molecular formula is C15H16O3. The number of aromatic hydroxyl groups is 3. The molecule has 3 N–H and O–H groups in total. The lowest BCUT2D eigenvalue weighted by atomic mass is 9.93. The van der Waals surface area contributed by atoms with Crippen molar-refractivity contribution in [3.63, 3.8) is 0 Å². The van der Waals surface area contributed by atoms with E-state index in [1.807, 2.05) is 32.0 Å². The van der Waals surface area contributed by atoms with Crippen molar-refractivity contribution in [3.05, 3.63) is 41.0 Å². The summed E-state index contributed by atoms with van der Waals surface area (Å²) in [5.74, 6) is -0.308. The normalized spacial score (nSPS) is 10.6. The molecule has 18 heavy (non-hydrogen) atoms. The topological polar surface area (TPSA) is 60.7 Å². The Morgan fingerprint density at radius 2 is 1.33 bits per heavy atom. The van der Waals surface area contributed by atoms with Gasteiger partial charge in [0.25, 0.3) is 0 Å². The molecule has 0 amide bonds. The van der Waals surface area contributed by atoms with Crippen LogP contribution in [-0.4, -0.2) is 15.3 Å². The highest BCUT2D eigenvalue weighted by Gasteiger charge is 2.18. The van der Waals surface area contributed by atoms with Gasteiger partial charge in [-0.05, 0) is 37.5 Å². The molecule has 0 aliphatic rings. The Morgan fingerprint density at radius 3 is 1.89 bits per heavy atom. The zero-order chi connectivity index (χ0) is 13.4. The molecule has 0 fully saturated rings. The highest BCUT2D eigenvalue weighted by Crippen LogP contribution is 2.45. The summed E-state index contributed by atoms with van der Waals surface area (Å²) in [6.07, 6.45) is 0. The lowest BCUT2D eigenvalue weighted by molar-refractivity contribution is 0.425. The van der Waals surface area contributed by atoms with Gasteiger partial charge < -0.3 is 15.3 Å². The Balaban J connectivity index is 2.84. The first-order valence-corrected chi connectivity index (χ1v) is 5.74. The molecule has 0 saturated carbocycles. The fourth-order valence-corrected chi connectivity index (χ4v) is 2.20. The summed E-state index contributed by atoms with van der Waals surface area (Å²) in [6, 6.07) is 7.03. The van der Waals surface area contributed by atoms with Crippen LogP contribution in [0.5, 0.6) is 17.2 Å². The molecule has 0 heterocycles. The molecule has 0 unspecified atom stereocenters. The van der Waals surface area contributed by atoms with Gasteiger partial charge in [0.2, 0.25) is 0 Å². The highest BCUT2D eigenvalue weighted by atomic mass is 16.3. The van der Waals surface area contributed by atoms with Crippen molar-refractivity contribution >= 4 is 0 Å². The van der Waals surface area contributed by atoms with E-state index in [2.05, 4.69) is 0 Å². The van der Waals surface area contributed by atoms with Crippen molar-refractivity contribution in [2.45, 2.75) is 20.8 Å². The van der Waals surface area contributed by atoms with Gasteiger partial charge in [-0.3, -0.25) is 0 Å². The number of aryl methyl sites for hydroxylation is 2. The summed E-state index contributed by atoms with van der Waals surface area (Å²) in [7, 11) is 0. The predicted molar refractivity (Wildman–Crippen MR) is 71.1 cm³/mol. The molecule has 0 atom stereocenters. The summed E-state index contributed by atoms with van der Waals surface area (Å²) >= 11 is 0. The summed E-state index contributed by atoms with van der Waals surface area (Å²) in [4.78, 5) is 0. The Labute approximate surface area is 106 Å². The minimum atomic E-state index is -0.118. The summed E-state index contributed by atoms with van der Waals surface area (Å²) in [5.41, 5.74) is 3.47. The molecule has 0 aliphatic carbocycles. The van der Waals surface area contributed by atoms with Gasteiger partial charge in [-0.15, -0.1) is 0 Å². The van der Waals surface area contributed by atoms with E-state index in [4.69, 9.17) is 0 Å². The maximum atomic E-state index is 10.1. The quantitative estimate of drug-likeness (QED) is 0.720. The van der Waals surface area contributed by atoms with Gasteiger partial charge in [0.05, 0.1) is 5.56 Å². The van der Waals surface area contributed by atoms with E-state index in [0.717, 1.165) is 16.7 Å². The third-order valence-electron chi connectivity index (χ3n) is 3.24. The summed E-state index contributed by atoms with van der Waals surface area (Å²) < 4.78 is 0. The number of phenols is 3. The van der Waals surface area contributed by atoms with Gasteiger partial charge >= 0.3 is 0 Å². The van der Waals surface area contributed by atoms with Crippen molar-refractivity contribution in [2.24, 2.45) is 0 Å². The first kappa shape index (κ1) is 12.3. The zero-order valence-electron chi connectivity index (χ0n) is 10.7. The Kier molecular flexibility index (Phi) is 2.91. The van der Waals surface area contributed by atoms with Crippen LogP contribution in [0.2, 0.25) is 0 Å². The van der Waals surface area contributed by atoms with Gasteiger partial charge in [-0.25, -0.2) is 0 Å². The Morgan fingerprint density at radius 1 is 0.778 bits per heavy atom. The third-order valence-corrected chi connectivity index (χ3v) is 3.24. The third kappa shape index (κ3) is 1.78. The molecule has 3 heteroatoms. The average Bonchev–Trinajstić information content (AvgIpc) is 2.30. The molecule has 0 aliphatic heterocycles. The fourth-order valence-electron chi connectivity index (χ4n) is 2.20. The second kappa shape index (κ2) is 4.26. The van der Waals surface area contributed by atoms with Gasteiger partial charge in [0, 0.05) is 11.6 Å². The van der Waals surface area contributed by atoms with Crippen LogP contribution < -0.4 is 0 Å². The van der Waals surface area contributed by atoms with Crippen LogP contribution in [0.3, 0.4) is 0 Å². The van der Waals surface area contributed by atoms with Gasteiger partial charge in [0.15, 0.2) is 0 Å². The van der Waals surface area contributed by atoms with Crippen molar-refractivity contribution in [2.75, 3.05) is 0 Å². The Bertz CT molecular complexity index is 595. The molecule has 0 bridgehead atoms. The lowest BCUT2D eigenvalue weighted by Gasteiger charge is -2.15. The SMILES string of the molecule is Cc1cccc(C)c1-c1c(O)cc(O)c(C)c1O. The first-order valence-electron chi connectivity index (χ1n) is 5.74. The van der Waals surface area contributed by atoms with Crippen molar-refractivity contribution < 1.29 is 15.3 Å². The van der Waals surface area contributed by atoms with E-state index >= 15 is 0 Å². The minimum Gasteiger partial charge on any atom is -0.507 e. The largest absolute Gasteiger partial charge is 0.507 e. The van der Waals surface area contributed by atoms with Crippen LogP contribution in [0.4, 0.5) is 0 Å². The van der Waals surface area contributed by atoms with Crippen molar-refractivity contribution in [1.29, 1.82) is 0 Å². The lowest BCUT2D eigenvalue weighted by Crippen LogP contribution is -1.91. The van der Waals surface area contributed by atoms with E-state index in [1.54, 1.807) is 6.92 Å². The smallest absolute Gasteiger partial charge is 0.133 e. The molecular weight excluding hydrogens is 228 g/mol. The maximum Gasteiger partial charge on any atom is 0.133 e. The number of phenolic OH excluding ortho intramolecular Hbond substituents is 3. The molecule has 0 radical (unpaired) electrons. The average molecular weight is 244 g/mol. The molecule has 2 aromatic rings. The molecule has 3 nitrogen and oxygen atoms in total. The van der Waals surface area contributed by atoms with E-state index in [1.165, 1.54) is 6.07 Å². The predicted octanol–water partition coefficient (Wildman–Crippen LogP) is 3.40. The van der Waals surface area contributed by atoms with Crippen LogP contribution >= 0.6 is 0 Å². The second-order valence-electron chi connectivity index (χ2n) is 4.53. The summed E-state index contributed by atoms with van der Waals surface area (Å²) in [6.45, 7) is 5.45. The van der Waals surface area contributed by atoms with E-state index < -0.39 is 0 Å². The Hall–Kier alpha value is -2.16. The van der Waals surface area contributed by atoms with Crippen LogP contribution in [-0.2, 0) is 0 Å². The molecule has 0 saturated heterocycles. The van der Waals surface area contributed by atoms with E-state index in [-0.39, 0.29) is 17.2 Å². The fraction of sp³-hybridized carbons (Fsp3) is 0.200. The van der Waals surface area contributed by atoms with Gasteiger partial charge in [0.1, 0.15) is 17.2 Å². The molecule has 2 aromatic carbocycles. The molecule has 2 rings (SSSR count). The monoisotopic (exact) mass is 244 g/mol. The van der Waals surface area contributed by atoms with Crippen LogP contribution in [0.25, 0.3) is 11.1 Å². The number of benzene rings is 2. The summed E-state index contributed by atoms with van der Waals surface area (Å²) in [5, 5.41) is 29.7. The van der Waals surface area contributed by atoms with Crippen molar-refractivity contribution in [1.82, 2.24) is 0 Å². The number of rotatable bonds is 1. The maximum absolute atomic E-state index is 10.1. The number of hydrogen-bond donors (Lipinski definition) is 3. The van der Waals surface area contributed by atoms with Crippen LogP contribution in [0.15, 0.2) is 24.3 Å². The molecule has 0 aromatic heterocycles. The number of hydrogen-bond acceptors (Lipinski definition) is 3. The van der Waals surface area contributed by atoms with Crippen LogP contribution in [0, 0.1) is 20.8 Å². The highest BCUT2D eigenvalue weighted by molar-refractivity contribution is 5.83. The zero-order valence-corrected chi connectivity index (χ0v) is 10.7. The van der Waals surface area contributed by atoms with Crippen LogP contribution in [0.1, 0.15) is 16.7 Å². The second-order valence-corrected chi connectivity index (χ2v) is 4.53. The molecule has 94 valence electrons. The van der Waals surface area contributed by atoms with E-state index in [9.17, 15) is 15.3 Å². The van der Waals surface area contributed by atoms with Gasteiger partial charge in [-0.2, -0.15) is 0 Å². The standard InChI is InChI=1S/C15H16O3/c1-8-5-4-6-9(2)13(8)14-12(17)7-11(16)10(3)15(14)18/h4-7,16-18H,1-3H3. The van der Waals surface area contributed by atoms with Crippen molar-refractivity contribution in [3.8, 4) is 28.4 Å². The first-order chi connectivity index (χ1) is 8.43. The molecule has 0 spiro atoms. The van der Waals surface area contributed by atoms with Gasteiger partial charge in [-0.1, -0.05) is 18.2 Å². The minimum absolute atomic E-state index is 0.0788. The van der Waals surface area contributed by atoms with E-state index in [0.29, 0.717) is 11.1 Å².